The summed E-state index contributed by atoms with van der Waals surface area (Å²) in [5.74, 6) is 0. The second-order valence-corrected chi connectivity index (χ2v) is 8.93. The molecule has 0 aliphatic heterocycles. The topological polar surface area (TPSA) is 118 Å². The van der Waals surface area contributed by atoms with E-state index in [1.165, 1.54) is 12.1 Å². The first-order valence-corrected chi connectivity index (χ1v) is 10.2. The van der Waals surface area contributed by atoms with E-state index >= 15 is 0 Å². The molecule has 4 N–H and O–H groups in total. The zero-order valence-corrected chi connectivity index (χ0v) is 14.9. The molecule has 0 saturated heterocycles. The number of nitrogens with one attached hydrogen (secondary N) is 2. The van der Waals surface area contributed by atoms with E-state index in [-0.39, 0.29) is 26.6 Å². The zero-order valence-electron chi connectivity index (χ0n) is 12.5. The SMILES string of the molecule is CCC(C)NC(=S)NS(=O)(=O)c1cc(S(C)(=O)=O)ccc1N. The zero-order chi connectivity index (χ0) is 17.1. The number of hydrogen-bond donors (Lipinski definition) is 3. The highest BCUT2D eigenvalue weighted by Crippen LogP contribution is 2.22. The van der Waals surface area contributed by atoms with Crippen molar-refractivity contribution in [2.75, 3.05) is 12.0 Å². The van der Waals surface area contributed by atoms with Gasteiger partial charge in [-0.3, -0.25) is 4.72 Å². The first-order valence-electron chi connectivity index (χ1n) is 6.40. The van der Waals surface area contributed by atoms with Crippen LogP contribution < -0.4 is 15.8 Å². The van der Waals surface area contributed by atoms with Gasteiger partial charge >= 0.3 is 0 Å². The average Bonchev–Trinajstić information content (AvgIpc) is 2.36. The van der Waals surface area contributed by atoms with E-state index in [1.807, 2.05) is 13.8 Å². The first-order chi connectivity index (χ1) is 9.97. The summed E-state index contributed by atoms with van der Waals surface area (Å²) in [6, 6.07) is 3.49. The van der Waals surface area contributed by atoms with Crippen LogP contribution in [0.2, 0.25) is 0 Å². The van der Waals surface area contributed by atoms with Gasteiger partial charge in [0.1, 0.15) is 4.90 Å². The molecule has 0 bridgehead atoms. The van der Waals surface area contributed by atoms with E-state index in [0.29, 0.717) is 0 Å². The van der Waals surface area contributed by atoms with Crippen molar-refractivity contribution in [2.24, 2.45) is 0 Å². The van der Waals surface area contributed by atoms with E-state index < -0.39 is 19.9 Å². The predicted octanol–water partition coefficient (Wildman–Crippen LogP) is 0.624. The Morgan fingerprint density at radius 2 is 1.91 bits per heavy atom. The Labute approximate surface area is 136 Å². The number of anilines is 1. The van der Waals surface area contributed by atoms with Gasteiger partial charge in [0.05, 0.1) is 10.6 Å². The molecular weight excluding hydrogens is 346 g/mol. The van der Waals surface area contributed by atoms with E-state index in [1.54, 1.807) is 0 Å². The molecule has 0 radical (unpaired) electrons. The standard InChI is InChI=1S/C12H19N3O4S3/c1-4-8(2)14-12(20)15-22(18,19)11-7-9(21(3,16)17)5-6-10(11)13/h5-8H,4,13H2,1-3H3,(H2,14,15,20). The molecule has 7 nitrogen and oxygen atoms in total. The molecule has 1 rings (SSSR count). The maximum absolute atomic E-state index is 12.3. The van der Waals surface area contributed by atoms with Crippen LogP contribution in [0.3, 0.4) is 0 Å². The minimum atomic E-state index is -4.07. The molecule has 1 aromatic rings. The summed E-state index contributed by atoms with van der Waals surface area (Å²) in [5, 5.41) is 2.73. The lowest BCUT2D eigenvalue weighted by Crippen LogP contribution is -2.43. The Balaban J connectivity index is 3.15. The fraction of sp³-hybridized carbons (Fsp3) is 0.417. The number of sulfonamides is 1. The highest BCUT2D eigenvalue weighted by atomic mass is 32.2. The largest absolute Gasteiger partial charge is 0.398 e. The molecule has 0 aromatic heterocycles. The number of sulfone groups is 1. The molecule has 10 heteroatoms. The Kier molecular flexibility index (Phi) is 5.76. The van der Waals surface area contributed by atoms with E-state index in [0.717, 1.165) is 18.7 Å². The van der Waals surface area contributed by atoms with Crippen molar-refractivity contribution < 1.29 is 16.8 Å². The molecule has 1 aromatic carbocycles. The highest BCUT2D eigenvalue weighted by molar-refractivity contribution is 7.92. The van der Waals surface area contributed by atoms with Crippen LogP contribution in [0.15, 0.2) is 28.0 Å². The molecule has 0 spiro atoms. The van der Waals surface area contributed by atoms with Crippen LogP contribution in [0.4, 0.5) is 5.69 Å². The molecular formula is C12H19N3O4S3. The summed E-state index contributed by atoms with van der Waals surface area (Å²) in [7, 11) is -7.62. The second-order valence-electron chi connectivity index (χ2n) is 4.86. The summed E-state index contributed by atoms with van der Waals surface area (Å²) in [5.41, 5.74) is 5.58. The summed E-state index contributed by atoms with van der Waals surface area (Å²) in [6.45, 7) is 3.77. The van der Waals surface area contributed by atoms with Gasteiger partial charge in [-0.1, -0.05) is 6.92 Å². The van der Waals surface area contributed by atoms with Crippen LogP contribution in [0.25, 0.3) is 0 Å². The van der Waals surface area contributed by atoms with Crippen molar-refractivity contribution >= 4 is 42.9 Å². The number of benzene rings is 1. The Morgan fingerprint density at radius 1 is 1.32 bits per heavy atom. The van der Waals surface area contributed by atoms with Crippen LogP contribution in [0.1, 0.15) is 20.3 Å². The molecule has 1 unspecified atom stereocenters. The molecule has 1 atom stereocenters. The van der Waals surface area contributed by atoms with Crippen LogP contribution in [-0.4, -0.2) is 34.2 Å². The fourth-order valence-corrected chi connectivity index (χ4v) is 3.84. The van der Waals surface area contributed by atoms with Gasteiger partial charge in [-0.15, -0.1) is 0 Å². The molecule has 0 fully saturated rings. The first kappa shape index (κ1) is 18.7. The summed E-state index contributed by atoms with van der Waals surface area (Å²) in [6.07, 6.45) is 1.74. The van der Waals surface area contributed by atoms with Gasteiger partial charge in [0.25, 0.3) is 10.0 Å². The third-order valence-electron chi connectivity index (χ3n) is 2.92. The number of nitrogen functional groups attached to an aromatic ring is 1. The minimum Gasteiger partial charge on any atom is -0.398 e. The normalized spacial score (nSPS) is 13.4. The Hall–Kier alpha value is -1.39. The van der Waals surface area contributed by atoms with Gasteiger partial charge in [-0.2, -0.15) is 0 Å². The molecule has 22 heavy (non-hydrogen) atoms. The number of rotatable bonds is 5. The lowest BCUT2D eigenvalue weighted by atomic mass is 10.3. The predicted molar refractivity (Wildman–Crippen MR) is 89.8 cm³/mol. The van der Waals surface area contributed by atoms with Crippen molar-refractivity contribution in [3.05, 3.63) is 18.2 Å². The number of nitrogens with two attached hydrogens (primary N) is 1. The van der Waals surface area contributed by atoms with Crippen molar-refractivity contribution in [1.82, 2.24) is 10.0 Å². The third kappa shape index (κ3) is 4.82. The lowest BCUT2D eigenvalue weighted by molar-refractivity contribution is 0.589. The van der Waals surface area contributed by atoms with Gasteiger partial charge in [-0.05, 0) is 43.8 Å². The van der Waals surface area contributed by atoms with Crippen LogP contribution in [-0.2, 0) is 19.9 Å². The third-order valence-corrected chi connectivity index (χ3v) is 5.78. The van der Waals surface area contributed by atoms with Crippen LogP contribution in [0.5, 0.6) is 0 Å². The highest BCUT2D eigenvalue weighted by Gasteiger charge is 2.21. The van der Waals surface area contributed by atoms with Gasteiger partial charge in [0, 0.05) is 12.3 Å². The fourth-order valence-electron chi connectivity index (χ4n) is 1.51. The summed E-state index contributed by atoms with van der Waals surface area (Å²) in [4.78, 5) is -0.466. The molecule has 0 aliphatic carbocycles. The second kappa shape index (κ2) is 6.80. The molecule has 0 heterocycles. The van der Waals surface area contributed by atoms with E-state index in [2.05, 4.69) is 10.0 Å². The van der Waals surface area contributed by atoms with Crippen molar-refractivity contribution in [3.63, 3.8) is 0 Å². The molecule has 0 saturated carbocycles. The average molecular weight is 366 g/mol. The van der Waals surface area contributed by atoms with Gasteiger partial charge in [0.2, 0.25) is 0 Å². The number of hydrogen-bond acceptors (Lipinski definition) is 6. The van der Waals surface area contributed by atoms with E-state index in [4.69, 9.17) is 18.0 Å². The lowest BCUT2D eigenvalue weighted by Gasteiger charge is -2.16. The maximum Gasteiger partial charge on any atom is 0.265 e. The van der Waals surface area contributed by atoms with Crippen molar-refractivity contribution in [2.45, 2.75) is 36.1 Å². The van der Waals surface area contributed by atoms with Crippen LogP contribution >= 0.6 is 12.2 Å². The summed E-state index contributed by atoms with van der Waals surface area (Å²) >= 11 is 4.93. The summed E-state index contributed by atoms with van der Waals surface area (Å²) < 4.78 is 49.8. The van der Waals surface area contributed by atoms with E-state index in [9.17, 15) is 16.8 Å². The van der Waals surface area contributed by atoms with Crippen molar-refractivity contribution in [3.8, 4) is 0 Å². The minimum absolute atomic E-state index is 0.00472. The quantitative estimate of drug-likeness (QED) is 0.517. The Morgan fingerprint density at radius 3 is 2.41 bits per heavy atom. The van der Waals surface area contributed by atoms with Crippen LogP contribution in [0, 0.1) is 0 Å². The molecule has 124 valence electrons. The van der Waals surface area contributed by atoms with Gasteiger partial charge < -0.3 is 11.1 Å². The molecule has 0 aliphatic rings. The number of thiocarbonyl (C=S) groups is 1. The van der Waals surface area contributed by atoms with Crippen molar-refractivity contribution in [1.29, 1.82) is 0 Å². The Bertz CT molecular complexity index is 773. The maximum atomic E-state index is 12.3. The molecule has 0 amide bonds. The smallest absolute Gasteiger partial charge is 0.265 e. The van der Waals surface area contributed by atoms with Gasteiger partial charge in [-0.25, -0.2) is 16.8 Å². The monoisotopic (exact) mass is 365 g/mol. The van der Waals surface area contributed by atoms with Gasteiger partial charge in [0.15, 0.2) is 14.9 Å².